The molecule has 1 aromatic rings. The minimum atomic E-state index is -0.311. The quantitative estimate of drug-likeness (QED) is 0.364. The fourth-order valence-corrected chi connectivity index (χ4v) is 4.12. The monoisotopic (exact) mass is 504 g/mol. The molecule has 0 saturated carbocycles. The Morgan fingerprint density at radius 1 is 1.25 bits per heavy atom. The Hall–Kier alpha value is -1.09. The van der Waals surface area contributed by atoms with Crippen molar-refractivity contribution in [2.24, 2.45) is 10.9 Å². The summed E-state index contributed by atoms with van der Waals surface area (Å²) in [5.41, 5.74) is 0.890. The first kappa shape index (κ1) is 23.2. The molecular weight excluding hydrogens is 470 g/mol. The summed E-state index contributed by atoms with van der Waals surface area (Å²) < 4.78 is 19.3. The van der Waals surface area contributed by atoms with Crippen molar-refractivity contribution < 1.29 is 9.13 Å². The Labute approximate surface area is 185 Å². The molecule has 1 aromatic carbocycles. The van der Waals surface area contributed by atoms with Crippen molar-refractivity contribution in [3.63, 3.8) is 0 Å². The molecule has 158 valence electrons. The first-order valence-corrected chi connectivity index (χ1v) is 10.3. The summed E-state index contributed by atoms with van der Waals surface area (Å²) in [5.74, 6) is 1.62. The zero-order valence-corrected chi connectivity index (χ0v) is 19.5. The molecule has 28 heavy (non-hydrogen) atoms. The second-order valence-electron chi connectivity index (χ2n) is 7.56. The van der Waals surface area contributed by atoms with E-state index in [1.165, 1.54) is 51.4 Å². The van der Waals surface area contributed by atoms with Gasteiger partial charge >= 0.3 is 0 Å². The van der Waals surface area contributed by atoms with Gasteiger partial charge in [0.25, 0.3) is 0 Å². The molecule has 2 fully saturated rings. The van der Waals surface area contributed by atoms with Gasteiger partial charge in [0.1, 0.15) is 0 Å². The molecule has 5 nitrogen and oxygen atoms in total. The number of rotatable bonds is 6. The van der Waals surface area contributed by atoms with Crippen LogP contribution in [0.2, 0.25) is 0 Å². The van der Waals surface area contributed by atoms with Crippen molar-refractivity contribution in [1.29, 1.82) is 0 Å². The van der Waals surface area contributed by atoms with Crippen LogP contribution >= 0.6 is 24.0 Å². The first-order valence-electron chi connectivity index (χ1n) is 10.3. The zero-order chi connectivity index (χ0) is 19.1. The number of guanidine groups is 1. The first-order chi connectivity index (χ1) is 13.2. The Morgan fingerprint density at radius 2 is 2.04 bits per heavy atom. The van der Waals surface area contributed by atoms with E-state index in [4.69, 9.17) is 4.74 Å². The fraction of sp³-hybridized carbons (Fsp3) is 0.667. The highest BCUT2D eigenvalue weighted by Crippen LogP contribution is 2.21. The maximum atomic E-state index is 14.0. The van der Waals surface area contributed by atoms with Gasteiger partial charge in [0, 0.05) is 33.2 Å². The number of halogens is 2. The molecule has 7 heteroatoms. The number of likely N-dealkylation sites (tertiary alicyclic amines) is 2. The second-order valence-corrected chi connectivity index (χ2v) is 7.56. The van der Waals surface area contributed by atoms with Crippen molar-refractivity contribution in [2.45, 2.75) is 39.2 Å². The Morgan fingerprint density at radius 3 is 2.71 bits per heavy atom. The van der Waals surface area contributed by atoms with E-state index < -0.39 is 0 Å². The lowest BCUT2D eigenvalue weighted by molar-refractivity contribution is 0.198. The third-order valence-electron chi connectivity index (χ3n) is 5.51. The lowest BCUT2D eigenvalue weighted by Gasteiger charge is -2.29. The van der Waals surface area contributed by atoms with Crippen LogP contribution in [0.25, 0.3) is 0 Å². The van der Waals surface area contributed by atoms with Crippen LogP contribution in [-0.2, 0) is 6.54 Å². The van der Waals surface area contributed by atoms with Crippen molar-refractivity contribution in [1.82, 2.24) is 15.1 Å². The summed E-state index contributed by atoms with van der Waals surface area (Å²) in [4.78, 5) is 9.39. The molecular formula is C21H34FIN4O. The predicted octanol–water partition coefficient (Wildman–Crippen LogP) is 3.73. The normalized spacial score (nSPS) is 20.8. The number of hydrogen-bond acceptors (Lipinski definition) is 3. The number of piperidine rings is 1. The fourth-order valence-electron chi connectivity index (χ4n) is 4.12. The summed E-state index contributed by atoms with van der Waals surface area (Å²) in [6, 6.07) is 5.13. The smallest absolute Gasteiger partial charge is 0.193 e. The predicted molar refractivity (Wildman–Crippen MR) is 123 cm³/mol. The van der Waals surface area contributed by atoms with Crippen LogP contribution in [0.3, 0.4) is 0 Å². The molecule has 2 aliphatic heterocycles. The van der Waals surface area contributed by atoms with Crippen LogP contribution < -0.4 is 10.1 Å². The second kappa shape index (κ2) is 11.8. The number of benzene rings is 1. The van der Waals surface area contributed by atoms with Gasteiger partial charge < -0.3 is 19.9 Å². The number of nitrogens with zero attached hydrogens (tertiary/aromatic N) is 3. The van der Waals surface area contributed by atoms with E-state index in [-0.39, 0.29) is 29.8 Å². The van der Waals surface area contributed by atoms with E-state index >= 15 is 0 Å². The molecule has 3 rings (SSSR count). The average Bonchev–Trinajstić information content (AvgIpc) is 3.13. The minimum Gasteiger partial charge on any atom is -0.491 e. The molecule has 2 aliphatic rings. The number of nitrogens with one attached hydrogen (secondary N) is 1. The van der Waals surface area contributed by atoms with E-state index in [1.54, 1.807) is 6.07 Å². The molecule has 0 bridgehead atoms. The van der Waals surface area contributed by atoms with E-state index in [0.29, 0.717) is 24.8 Å². The van der Waals surface area contributed by atoms with Gasteiger partial charge in [0.2, 0.25) is 0 Å². The van der Waals surface area contributed by atoms with Crippen molar-refractivity contribution in [3.8, 4) is 5.75 Å². The van der Waals surface area contributed by atoms with Gasteiger partial charge in [-0.2, -0.15) is 0 Å². The molecule has 1 unspecified atom stereocenters. The van der Waals surface area contributed by atoms with E-state index in [0.717, 1.165) is 24.6 Å². The van der Waals surface area contributed by atoms with Crippen LogP contribution in [0.1, 0.15) is 38.2 Å². The molecule has 2 heterocycles. The van der Waals surface area contributed by atoms with Gasteiger partial charge in [-0.05, 0) is 62.9 Å². The Balaban J connectivity index is 0.00000280. The summed E-state index contributed by atoms with van der Waals surface area (Å²) in [5, 5.41) is 3.39. The van der Waals surface area contributed by atoms with Gasteiger partial charge in [-0.25, -0.2) is 4.39 Å². The maximum Gasteiger partial charge on any atom is 0.193 e. The molecule has 0 amide bonds. The van der Waals surface area contributed by atoms with Crippen LogP contribution in [-0.4, -0.2) is 62.1 Å². The van der Waals surface area contributed by atoms with Crippen molar-refractivity contribution in [2.75, 3.05) is 46.4 Å². The molecule has 1 N–H and O–H groups in total. The van der Waals surface area contributed by atoms with E-state index in [1.807, 2.05) is 20.0 Å². The van der Waals surface area contributed by atoms with Crippen LogP contribution in [0.15, 0.2) is 23.2 Å². The molecule has 0 aromatic heterocycles. The number of aliphatic imine (C=N–C) groups is 1. The highest BCUT2D eigenvalue weighted by molar-refractivity contribution is 14.0. The van der Waals surface area contributed by atoms with Gasteiger partial charge in [-0.3, -0.25) is 4.99 Å². The minimum absolute atomic E-state index is 0. The summed E-state index contributed by atoms with van der Waals surface area (Å²) in [6.07, 6.45) is 5.29. The van der Waals surface area contributed by atoms with E-state index in [9.17, 15) is 4.39 Å². The number of hydrogen-bond donors (Lipinski definition) is 1. The van der Waals surface area contributed by atoms with Crippen LogP contribution in [0.4, 0.5) is 4.39 Å². The lowest BCUT2D eigenvalue weighted by Crippen LogP contribution is -2.41. The van der Waals surface area contributed by atoms with Gasteiger partial charge in [0.05, 0.1) is 6.61 Å². The summed E-state index contributed by atoms with van der Waals surface area (Å²) in [6.45, 7) is 8.69. The lowest BCUT2D eigenvalue weighted by atomic mass is 10.1. The Kier molecular flexibility index (Phi) is 9.77. The third-order valence-corrected chi connectivity index (χ3v) is 5.51. The van der Waals surface area contributed by atoms with Gasteiger partial charge in [-0.1, -0.05) is 12.5 Å². The third kappa shape index (κ3) is 6.47. The Bertz CT molecular complexity index is 637. The van der Waals surface area contributed by atoms with Crippen LogP contribution in [0.5, 0.6) is 5.75 Å². The molecule has 0 radical (unpaired) electrons. The maximum absolute atomic E-state index is 14.0. The molecule has 0 aliphatic carbocycles. The molecule has 1 atom stereocenters. The van der Waals surface area contributed by atoms with E-state index in [2.05, 4.69) is 20.1 Å². The average molecular weight is 504 g/mol. The SMILES string of the molecule is CCOc1ccc(CNC(=NC)N2CCC(CN3CCCCC3)C2)cc1F.I. The van der Waals surface area contributed by atoms with Gasteiger partial charge in [-0.15, -0.1) is 24.0 Å². The van der Waals surface area contributed by atoms with Gasteiger partial charge in [0.15, 0.2) is 17.5 Å². The highest BCUT2D eigenvalue weighted by Gasteiger charge is 2.26. The largest absolute Gasteiger partial charge is 0.491 e. The van der Waals surface area contributed by atoms with Crippen molar-refractivity contribution in [3.05, 3.63) is 29.6 Å². The summed E-state index contributed by atoms with van der Waals surface area (Å²) in [7, 11) is 1.82. The zero-order valence-electron chi connectivity index (χ0n) is 17.1. The molecule has 2 saturated heterocycles. The number of ether oxygens (including phenoxy) is 1. The topological polar surface area (TPSA) is 40.1 Å². The highest BCUT2D eigenvalue weighted by atomic mass is 127. The standard InChI is InChI=1S/C21H33FN4O.HI/c1-3-27-20-8-7-17(13-19(20)22)14-24-21(23-2)26-12-9-18(16-26)15-25-10-5-4-6-11-25;/h7-8,13,18H,3-6,9-12,14-16H2,1-2H3,(H,23,24);1H. The van der Waals surface area contributed by atoms with Crippen molar-refractivity contribution >= 4 is 29.9 Å². The summed E-state index contributed by atoms with van der Waals surface area (Å²) >= 11 is 0. The molecule has 0 spiro atoms. The van der Waals surface area contributed by atoms with Crippen LogP contribution in [0, 0.1) is 11.7 Å².